The van der Waals surface area contributed by atoms with Gasteiger partial charge in [0.1, 0.15) is 0 Å². The minimum atomic E-state index is -0.265. The predicted molar refractivity (Wildman–Crippen MR) is 120 cm³/mol. The van der Waals surface area contributed by atoms with Crippen LogP contribution in [0.15, 0.2) is 53.9 Å². The Morgan fingerprint density at radius 2 is 1.96 bits per heavy atom. The van der Waals surface area contributed by atoms with Gasteiger partial charge in [0.15, 0.2) is 5.13 Å². The molecule has 1 amide bonds. The van der Waals surface area contributed by atoms with Crippen LogP contribution in [0.25, 0.3) is 17.3 Å². The first-order valence-corrected chi connectivity index (χ1v) is 10.6. The van der Waals surface area contributed by atoms with Crippen molar-refractivity contribution in [3.8, 4) is 11.3 Å². The normalized spacial score (nSPS) is 12.3. The van der Waals surface area contributed by atoms with Crippen LogP contribution in [0, 0.1) is 0 Å². The third-order valence-corrected chi connectivity index (χ3v) is 5.82. The van der Waals surface area contributed by atoms with Crippen molar-refractivity contribution in [1.82, 2.24) is 4.98 Å². The molecule has 1 atom stereocenters. The van der Waals surface area contributed by atoms with Crippen molar-refractivity contribution in [2.75, 3.05) is 5.32 Å². The summed E-state index contributed by atoms with van der Waals surface area (Å²) in [6, 6.07) is 13.6. The molecule has 2 aromatic carbocycles. The van der Waals surface area contributed by atoms with Crippen LogP contribution < -0.4 is 5.32 Å². The van der Waals surface area contributed by atoms with Crippen LogP contribution in [0.3, 0.4) is 0 Å². The number of nitrogens with zero attached hydrogens (tertiary/aromatic N) is 1. The highest BCUT2D eigenvalue weighted by molar-refractivity contribution is 7.14. The van der Waals surface area contributed by atoms with Crippen LogP contribution in [-0.4, -0.2) is 10.9 Å². The number of hydrogen-bond acceptors (Lipinski definition) is 3. The van der Waals surface area contributed by atoms with Gasteiger partial charge in [-0.1, -0.05) is 67.4 Å². The maximum atomic E-state index is 12.2. The number of thiazole rings is 1. The highest BCUT2D eigenvalue weighted by Gasteiger charge is 2.08. The van der Waals surface area contributed by atoms with E-state index in [4.69, 9.17) is 23.2 Å². The summed E-state index contributed by atoms with van der Waals surface area (Å²) in [6.07, 6.45) is 4.19. The number of halogens is 2. The zero-order valence-electron chi connectivity index (χ0n) is 15.6. The summed E-state index contributed by atoms with van der Waals surface area (Å²) in [7, 11) is 0. The van der Waals surface area contributed by atoms with E-state index in [2.05, 4.69) is 48.4 Å². The lowest BCUT2D eigenvalue weighted by atomic mass is 9.97. The van der Waals surface area contributed by atoms with Crippen molar-refractivity contribution in [3.05, 3.63) is 75.1 Å². The molecule has 0 saturated carbocycles. The molecule has 0 spiro atoms. The van der Waals surface area contributed by atoms with Crippen LogP contribution in [0.4, 0.5) is 5.13 Å². The summed E-state index contributed by atoms with van der Waals surface area (Å²) in [5, 5.41) is 6.33. The number of nitrogens with one attached hydrogen (secondary N) is 1. The van der Waals surface area contributed by atoms with Gasteiger partial charge in [-0.15, -0.1) is 11.3 Å². The first-order valence-electron chi connectivity index (χ1n) is 8.96. The maximum absolute atomic E-state index is 12.2. The SMILES string of the molecule is CCC(C)c1ccc(-c2csc(NC(=O)C=Cc3ccc(Cl)cc3Cl)n2)cc1. The van der Waals surface area contributed by atoms with Crippen molar-refractivity contribution >= 4 is 51.7 Å². The van der Waals surface area contributed by atoms with Crippen LogP contribution in [-0.2, 0) is 4.79 Å². The predicted octanol–water partition coefficient (Wildman–Crippen LogP) is 7.28. The molecule has 3 nitrogen and oxygen atoms in total. The number of carbonyl (C=O) groups is 1. The molecule has 1 aromatic heterocycles. The van der Waals surface area contributed by atoms with E-state index < -0.39 is 0 Å². The van der Waals surface area contributed by atoms with Gasteiger partial charge in [0, 0.05) is 27.1 Å². The highest BCUT2D eigenvalue weighted by Crippen LogP contribution is 2.27. The van der Waals surface area contributed by atoms with Crippen LogP contribution in [0.5, 0.6) is 0 Å². The molecule has 144 valence electrons. The van der Waals surface area contributed by atoms with Gasteiger partial charge < -0.3 is 0 Å². The van der Waals surface area contributed by atoms with Crippen molar-refractivity contribution in [2.24, 2.45) is 0 Å². The Morgan fingerprint density at radius 1 is 1.21 bits per heavy atom. The third-order valence-electron chi connectivity index (χ3n) is 4.50. The molecule has 1 heterocycles. The molecule has 0 fully saturated rings. The second-order valence-corrected chi connectivity index (χ2v) is 8.16. The minimum absolute atomic E-state index is 0.265. The first kappa shape index (κ1) is 20.6. The summed E-state index contributed by atoms with van der Waals surface area (Å²) in [6.45, 7) is 4.40. The maximum Gasteiger partial charge on any atom is 0.250 e. The first-order chi connectivity index (χ1) is 13.5. The second kappa shape index (κ2) is 9.37. The van der Waals surface area contributed by atoms with Gasteiger partial charge in [0.05, 0.1) is 5.69 Å². The molecule has 0 aliphatic rings. The Hall–Kier alpha value is -2.14. The Kier molecular flexibility index (Phi) is 6.89. The number of carbonyl (C=O) groups excluding carboxylic acids is 1. The van der Waals surface area contributed by atoms with Gasteiger partial charge >= 0.3 is 0 Å². The van der Waals surface area contributed by atoms with Crippen molar-refractivity contribution in [1.29, 1.82) is 0 Å². The standard InChI is InChI=1S/C22H20Cl2N2OS/c1-3-14(2)15-4-6-17(7-5-15)20-13-28-22(25-20)26-21(27)11-9-16-8-10-18(23)12-19(16)24/h4-14H,3H2,1-2H3,(H,25,26,27). The lowest BCUT2D eigenvalue weighted by Crippen LogP contribution is -2.07. The van der Waals surface area contributed by atoms with E-state index in [1.807, 2.05) is 5.38 Å². The van der Waals surface area contributed by atoms with E-state index in [-0.39, 0.29) is 5.91 Å². The zero-order valence-corrected chi connectivity index (χ0v) is 17.9. The number of rotatable bonds is 6. The van der Waals surface area contributed by atoms with Gasteiger partial charge in [-0.2, -0.15) is 0 Å². The van der Waals surface area contributed by atoms with Crippen molar-refractivity contribution in [3.63, 3.8) is 0 Å². The average molecular weight is 431 g/mol. The van der Waals surface area contributed by atoms with Gasteiger partial charge in [0.25, 0.3) is 0 Å². The van der Waals surface area contributed by atoms with Gasteiger partial charge in [-0.05, 0) is 41.7 Å². The fourth-order valence-electron chi connectivity index (χ4n) is 2.63. The fourth-order valence-corrected chi connectivity index (χ4v) is 3.83. The lowest BCUT2D eigenvalue weighted by molar-refractivity contribution is -0.111. The smallest absolute Gasteiger partial charge is 0.250 e. The Bertz CT molecular complexity index is 996. The van der Waals surface area contributed by atoms with E-state index in [1.165, 1.54) is 23.0 Å². The Labute approximate surface area is 179 Å². The molecule has 6 heteroatoms. The molecule has 3 aromatic rings. The highest BCUT2D eigenvalue weighted by atomic mass is 35.5. The van der Waals surface area contributed by atoms with Crippen LogP contribution in [0.2, 0.25) is 10.0 Å². The summed E-state index contributed by atoms with van der Waals surface area (Å²) in [5.74, 6) is 0.277. The van der Waals surface area contributed by atoms with Gasteiger partial charge in [-0.25, -0.2) is 4.98 Å². The van der Waals surface area contributed by atoms with E-state index in [1.54, 1.807) is 24.3 Å². The molecule has 1 N–H and O–H groups in total. The Morgan fingerprint density at radius 3 is 2.64 bits per heavy atom. The quantitative estimate of drug-likeness (QED) is 0.417. The molecule has 0 aliphatic heterocycles. The zero-order chi connectivity index (χ0) is 20.1. The monoisotopic (exact) mass is 430 g/mol. The van der Waals surface area contributed by atoms with E-state index >= 15 is 0 Å². The largest absolute Gasteiger partial charge is 0.298 e. The average Bonchev–Trinajstić information content (AvgIpc) is 3.15. The van der Waals surface area contributed by atoms with E-state index in [9.17, 15) is 4.79 Å². The number of amides is 1. The lowest BCUT2D eigenvalue weighted by Gasteiger charge is -2.08. The minimum Gasteiger partial charge on any atom is -0.298 e. The van der Waals surface area contributed by atoms with E-state index in [0.29, 0.717) is 21.1 Å². The number of benzene rings is 2. The summed E-state index contributed by atoms with van der Waals surface area (Å²) in [5.41, 5.74) is 3.93. The van der Waals surface area contributed by atoms with Crippen LogP contribution >= 0.6 is 34.5 Å². The van der Waals surface area contributed by atoms with E-state index in [0.717, 1.165) is 23.2 Å². The number of hydrogen-bond donors (Lipinski definition) is 1. The third kappa shape index (κ3) is 5.22. The molecule has 0 radical (unpaired) electrons. The van der Waals surface area contributed by atoms with Crippen LogP contribution in [0.1, 0.15) is 37.3 Å². The Balaban J connectivity index is 1.65. The second-order valence-electron chi connectivity index (χ2n) is 6.46. The molecule has 0 bridgehead atoms. The molecular weight excluding hydrogens is 411 g/mol. The molecule has 0 saturated heterocycles. The molecule has 0 aliphatic carbocycles. The van der Waals surface area contributed by atoms with Gasteiger partial charge in [0.2, 0.25) is 5.91 Å². The summed E-state index contributed by atoms with van der Waals surface area (Å²) >= 11 is 13.4. The summed E-state index contributed by atoms with van der Waals surface area (Å²) in [4.78, 5) is 16.7. The molecule has 1 unspecified atom stereocenters. The summed E-state index contributed by atoms with van der Waals surface area (Å²) < 4.78 is 0. The van der Waals surface area contributed by atoms with Gasteiger partial charge in [-0.3, -0.25) is 10.1 Å². The van der Waals surface area contributed by atoms with Crippen molar-refractivity contribution in [2.45, 2.75) is 26.2 Å². The molecular formula is C22H20Cl2N2OS. The number of anilines is 1. The number of aromatic nitrogens is 1. The molecule has 3 rings (SSSR count). The molecule has 28 heavy (non-hydrogen) atoms. The topological polar surface area (TPSA) is 42.0 Å². The fraction of sp³-hybridized carbons (Fsp3) is 0.182. The van der Waals surface area contributed by atoms with Crippen molar-refractivity contribution < 1.29 is 4.79 Å².